The topological polar surface area (TPSA) is 46.6 Å². The van der Waals surface area contributed by atoms with Crippen molar-refractivity contribution in [3.05, 3.63) is 0 Å². The first-order valence-electron chi connectivity index (χ1n) is 8.53. The molecule has 4 nitrogen and oxygen atoms in total. The molecule has 124 valence electrons. The number of carbonyl (C=O) groups is 2. The van der Waals surface area contributed by atoms with Crippen molar-refractivity contribution in [2.45, 2.75) is 56.7 Å². The minimum atomic E-state index is -0.336. The SMILES string of the molecule is CCN(CC)C(=O)COC(=O)C12C[C@H]3C[C@@H](CC(Br)(C3)C1)C2. The molecule has 0 saturated heterocycles. The summed E-state index contributed by atoms with van der Waals surface area (Å²) >= 11 is 3.90. The molecule has 2 atom stereocenters. The third-order valence-corrected chi connectivity index (χ3v) is 6.79. The molecule has 4 bridgehead atoms. The second-order valence-corrected chi connectivity index (χ2v) is 9.22. The van der Waals surface area contributed by atoms with Gasteiger partial charge in [-0.05, 0) is 64.2 Å². The minimum absolute atomic E-state index is 0.0865. The Hall–Kier alpha value is -0.580. The molecule has 0 aromatic heterocycles. The first-order chi connectivity index (χ1) is 10.4. The molecule has 1 amide bonds. The van der Waals surface area contributed by atoms with Crippen LogP contribution in [0.5, 0.6) is 0 Å². The van der Waals surface area contributed by atoms with Crippen LogP contribution in [0, 0.1) is 17.3 Å². The van der Waals surface area contributed by atoms with E-state index in [0.717, 1.165) is 19.3 Å². The maximum Gasteiger partial charge on any atom is 0.312 e. The Morgan fingerprint density at radius 1 is 1.14 bits per heavy atom. The molecule has 0 unspecified atom stereocenters. The van der Waals surface area contributed by atoms with Gasteiger partial charge in [-0.1, -0.05) is 15.9 Å². The van der Waals surface area contributed by atoms with Crippen molar-refractivity contribution in [3.8, 4) is 0 Å². The van der Waals surface area contributed by atoms with Gasteiger partial charge in [0.2, 0.25) is 0 Å². The van der Waals surface area contributed by atoms with Crippen LogP contribution in [-0.4, -0.2) is 40.8 Å². The van der Waals surface area contributed by atoms with Crippen molar-refractivity contribution in [3.63, 3.8) is 0 Å². The number of esters is 1. The molecular weight excluding hydrogens is 346 g/mol. The second-order valence-electron chi connectivity index (χ2n) is 7.53. The third-order valence-electron chi connectivity index (χ3n) is 5.87. The normalized spacial score (nSPS) is 38.9. The van der Waals surface area contributed by atoms with Crippen LogP contribution in [0.2, 0.25) is 0 Å². The van der Waals surface area contributed by atoms with Crippen LogP contribution < -0.4 is 0 Å². The highest BCUT2D eigenvalue weighted by molar-refractivity contribution is 9.10. The number of nitrogens with zero attached hydrogens (tertiary/aromatic N) is 1. The van der Waals surface area contributed by atoms with Crippen LogP contribution in [0.15, 0.2) is 0 Å². The minimum Gasteiger partial charge on any atom is -0.455 e. The monoisotopic (exact) mass is 371 g/mol. The molecule has 22 heavy (non-hydrogen) atoms. The average molecular weight is 372 g/mol. The van der Waals surface area contributed by atoms with Crippen molar-refractivity contribution in [1.29, 1.82) is 0 Å². The van der Waals surface area contributed by atoms with Gasteiger partial charge in [0.15, 0.2) is 6.61 Å². The Kier molecular flexibility index (Phi) is 4.30. The zero-order valence-corrected chi connectivity index (χ0v) is 15.2. The number of likely N-dealkylation sites (N-methyl/N-ethyl adjacent to an activating group) is 1. The van der Waals surface area contributed by atoms with E-state index < -0.39 is 0 Å². The van der Waals surface area contributed by atoms with Gasteiger partial charge >= 0.3 is 5.97 Å². The smallest absolute Gasteiger partial charge is 0.312 e. The van der Waals surface area contributed by atoms with E-state index in [9.17, 15) is 9.59 Å². The van der Waals surface area contributed by atoms with Gasteiger partial charge in [0, 0.05) is 17.4 Å². The lowest BCUT2D eigenvalue weighted by Crippen LogP contribution is -2.56. The number of alkyl halides is 1. The van der Waals surface area contributed by atoms with Gasteiger partial charge < -0.3 is 9.64 Å². The maximum absolute atomic E-state index is 12.7. The predicted molar refractivity (Wildman–Crippen MR) is 87.7 cm³/mol. The highest BCUT2D eigenvalue weighted by Crippen LogP contribution is 2.64. The molecule has 5 heteroatoms. The Morgan fingerprint density at radius 3 is 2.23 bits per heavy atom. The Bertz CT molecular complexity index is 461. The molecule has 4 rings (SSSR count). The Balaban J connectivity index is 1.64. The summed E-state index contributed by atoms with van der Waals surface area (Å²) < 4.78 is 5.61. The van der Waals surface area contributed by atoms with Gasteiger partial charge in [-0.25, -0.2) is 0 Å². The Labute approximate surface area is 141 Å². The number of hydrogen-bond donors (Lipinski definition) is 0. The first-order valence-corrected chi connectivity index (χ1v) is 9.33. The van der Waals surface area contributed by atoms with Gasteiger partial charge in [-0.2, -0.15) is 0 Å². The van der Waals surface area contributed by atoms with Crippen LogP contribution in [0.1, 0.15) is 52.4 Å². The lowest BCUT2D eigenvalue weighted by Gasteiger charge is -2.58. The molecule has 0 radical (unpaired) electrons. The highest BCUT2D eigenvalue weighted by Gasteiger charge is 2.60. The van der Waals surface area contributed by atoms with Crippen LogP contribution in [0.4, 0.5) is 0 Å². The summed E-state index contributed by atoms with van der Waals surface area (Å²) in [6, 6.07) is 0. The van der Waals surface area contributed by atoms with E-state index in [4.69, 9.17) is 4.74 Å². The fraction of sp³-hybridized carbons (Fsp3) is 0.882. The standard InChI is InChI=1S/C17H26BrNO3/c1-3-19(4-2)14(20)10-22-15(21)16-6-12-5-13(7-16)9-17(18,8-12)11-16/h12-13H,3-11H2,1-2H3/t12-,13-,16?,17?/m1/s1. The zero-order valence-electron chi connectivity index (χ0n) is 13.6. The van der Waals surface area contributed by atoms with Crippen molar-refractivity contribution in [2.75, 3.05) is 19.7 Å². The lowest BCUT2D eigenvalue weighted by molar-refractivity contribution is -0.172. The van der Waals surface area contributed by atoms with Crippen molar-refractivity contribution >= 4 is 27.8 Å². The summed E-state index contributed by atoms with van der Waals surface area (Å²) in [6.45, 7) is 5.10. The fourth-order valence-corrected chi connectivity index (χ4v) is 6.79. The van der Waals surface area contributed by atoms with Crippen molar-refractivity contribution in [1.82, 2.24) is 4.90 Å². The van der Waals surface area contributed by atoms with E-state index in [1.54, 1.807) is 4.90 Å². The summed E-state index contributed by atoms with van der Waals surface area (Å²) in [7, 11) is 0. The fourth-order valence-electron chi connectivity index (χ4n) is 5.34. The molecule has 4 aliphatic rings. The molecule has 0 aromatic rings. The van der Waals surface area contributed by atoms with Gasteiger partial charge in [0.25, 0.3) is 5.91 Å². The second kappa shape index (κ2) is 5.81. The first kappa shape index (κ1) is 16.3. The van der Waals surface area contributed by atoms with Crippen LogP contribution >= 0.6 is 15.9 Å². The molecule has 4 saturated carbocycles. The van der Waals surface area contributed by atoms with Crippen molar-refractivity contribution in [2.24, 2.45) is 17.3 Å². The number of rotatable bonds is 5. The number of amides is 1. The number of ether oxygens (including phenoxy) is 1. The Morgan fingerprint density at radius 2 is 1.73 bits per heavy atom. The van der Waals surface area contributed by atoms with Gasteiger partial charge in [-0.15, -0.1) is 0 Å². The molecule has 4 aliphatic carbocycles. The number of hydrogen-bond acceptors (Lipinski definition) is 3. The molecule has 4 fully saturated rings. The van der Waals surface area contributed by atoms with E-state index in [2.05, 4.69) is 15.9 Å². The lowest BCUT2D eigenvalue weighted by atomic mass is 9.49. The van der Waals surface area contributed by atoms with Crippen LogP contribution in [0.25, 0.3) is 0 Å². The van der Waals surface area contributed by atoms with Crippen LogP contribution in [0.3, 0.4) is 0 Å². The van der Waals surface area contributed by atoms with Crippen LogP contribution in [-0.2, 0) is 14.3 Å². The van der Waals surface area contributed by atoms with E-state index >= 15 is 0 Å². The molecule has 0 aromatic carbocycles. The quantitative estimate of drug-likeness (QED) is 0.550. The van der Waals surface area contributed by atoms with E-state index in [-0.39, 0.29) is 28.2 Å². The largest absolute Gasteiger partial charge is 0.455 e. The maximum atomic E-state index is 12.7. The van der Waals surface area contributed by atoms with Gasteiger partial charge in [0.1, 0.15) is 0 Å². The number of carbonyl (C=O) groups excluding carboxylic acids is 2. The summed E-state index contributed by atoms with van der Waals surface area (Å²) in [6.07, 6.45) is 6.43. The summed E-state index contributed by atoms with van der Waals surface area (Å²) in [5, 5.41) is 0. The summed E-state index contributed by atoms with van der Waals surface area (Å²) in [4.78, 5) is 26.5. The predicted octanol–water partition coefficient (Wildman–Crippen LogP) is 3.13. The molecule has 0 N–H and O–H groups in total. The van der Waals surface area contributed by atoms with Gasteiger partial charge in [-0.3, -0.25) is 9.59 Å². The third kappa shape index (κ3) is 2.81. The van der Waals surface area contributed by atoms with Crippen molar-refractivity contribution < 1.29 is 14.3 Å². The van der Waals surface area contributed by atoms with E-state index in [1.165, 1.54) is 19.3 Å². The van der Waals surface area contributed by atoms with Gasteiger partial charge in [0.05, 0.1) is 5.41 Å². The molecule has 0 heterocycles. The average Bonchev–Trinajstić information content (AvgIpc) is 2.43. The highest BCUT2D eigenvalue weighted by atomic mass is 79.9. The summed E-state index contributed by atoms with van der Waals surface area (Å²) in [5.74, 6) is 1.07. The molecule has 0 aliphatic heterocycles. The van der Waals surface area contributed by atoms with E-state index in [0.29, 0.717) is 24.9 Å². The number of halogens is 1. The molecule has 0 spiro atoms. The van der Waals surface area contributed by atoms with E-state index in [1.807, 2.05) is 13.8 Å². The zero-order chi connectivity index (χ0) is 16.0. The molecular formula is C17H26BrNO3. The summed E-state index contributed by atoms with van der Waals surface area (Å²) in [5.41, 5.74) is -0.336.